The minimum absolute atomic E-state index is 0.288. The zero-order valence-corrected chi connectivity index (χ0v) is 10.3. The van der Waals surface area contributed by atoms with Gasteiger partial charge in [0.1, 0.15) is 5.75 Å². The molecule has 3 nitrogen and oxygen atoms in total. The van der Waals surface area contributed by atoms with Crippen molar-refractivity contribution in [2.45, 2.75) is 20.4 Å². The molecule has 90 valence electrons. The molecule has 0 aliphatic rings. The minimum atomic E-state index is 0.288. The van der Waals surface area contributed by atoms with Crippen LogP contribution < -0.4 is 0 Å². The number of rotatable bonds is 4. The fourth-order valence-electron chi connectivity index (χ4n) is 1.92. The Labute approximate surface area is 102 Å². The van der Waals surface area contributed by atoms with Crippen LogP contribution in [-0.4, -0.2) is 28.1 Å². The Kier molecular flexibility index (Phi) is 3.59. The molecule has 2 aromatic rings. The van der Waals surface area contributed by atoms with Gasteiger partial charge in [-0.1, -0.05) is 32.0 Å². The van der Waals surface area contributed by atoms with E-state index in [9.17, 15) is 5.11 Å². The van der Waals surface area contributed by atoms with Crippen molar-refractivity contribution < 1.29 is 5.11 Å². The number of hydrogen-bond acceptors (Lipinski definition) is 3. The summed E-state index contributed by atoms with van der Waals surface area (Å²) >= 11 is 0. The third-order valence-electron chi connectivity index (χ3n) is 3.05. The van der Waals surface area contributed by atoms with Crippen LogP contribution in [0.15, 0.2) is 30.3 Å². The second kappa shape index (κ2) is 5.15. The lowest BCUT2D eigenvalue weighted by Gasteiger charge is -2.18. The normalized spacial score (nSPS) is 11.2. The van der Waals surface area contributed by atoms with Gasteiger partial charge in [0.25, 0.3) is 0 Å². The van der Waals surface area contributed by atoms with Crippen LogP contribution in [0, 0.1) is 0 Å². The molecule has 0 radical (unpaired) electrons. The largest absolute Gasteiger partial charge is 0.506 e. The van der Waals surface area contributed by atoms with Gasteiger partial charge in [-0.25, -0.2) is 4.98 Å². The third kappa shape index (κ3) is 2.56. The summed E-state index contributed by atoms with van der Waals surface area (Å²) in [6.07, 6.45) is 0. The average Bonchev–Trinajstić information content (AvgIpc) is 2.36. The van der Waals surface area contributed by atoms with E-state index in [1.807, 2.05) is 24.3 Å². The molecule has 1 aromatic heterocycles. The molecule has 3 heteroatoms. The Bertz CT molecular complexity index is 507. The van der Waals surface area contributed by atoms with E-state index in [2.05, 4.69) is 23.7 Å². The second-order valence-corrected chi connectivity index (χ2v) is 4.11. The maximum absolute atomic E-state index is 9.96. The van der Waals surface area contributed by atoms with Crippen LogP contribution in [0.5, 0.6) is 5.75 Å². The molecule has 0 aliphatic heterocycles. The number of aromatic nitrogens is 1. The van der Waals surface area contributed by atoms with Crippen LogP contribution >= 0.6 is 0 Å². The predicted octanol–water partition coefficient (Wildman–Crippen LogP) is 2.78. The van der Waals surface area contributed by atoms with Crippen LogP contribution in [-0.2, 0) is 6.54 Å². The van der Waals surface area contributed by atoms with Crippen LogP contribution in [0.3, 0.4) is 0 Å². The number of nitrogens with zero attached hydrogens (tertiary/aromatic N) is 2. The fraction of sp³-hybridized carbons (Fsp3) is 0.357. The van der Waals surface area contributed by atoms with Gasteiger partial charge in [0.15, 0.2) is 0 Å². The van der Waals surface area contributed by atoms with Gasteiger partial charge in [0.05, 0.1) is 11.2 Å². The molecule has 0 bridgehead atoms. The van der Waals surface area contributed by atoms with Gasteiger partial charge in [0, 0.05) is 11.9 Å². The van der Waals surface area contributed by atoms with Gasteiger partial charge in [-0.15, -0.1) is 0 Å². The van der Waals surface area contributed by atoms with E-state index in [-0.39, 0.29) is 5.75 Å². The highest BCUT2D eigenvalue weighted by Gasteiger charge is 2.08. The summed E-state index contributed by atoms with van der Waals surface area (Å²) in [5.41, 5.74) is 1.69. The number of aromatic hydroxyl groups is 1. The Hall–Kier alpha value is -1.61. The Balaban J connectivity index is 2.37. The van der Waals surface area contributed by atoms with E-state index < -0.39 is 0 Å². The minimum Gasteiger partial charge on any atom is -0.506 e. The Morgan fingerprint density at radius 2 is 1.88 bits per heavy atom. The first-order valence-electron chi connectivity index (χ1n) is 6.04. The van der Waals surface area contributed by atoms with Crippen molar-refractivity contribution in [3.8, 4) is 5.75 Å². The van der Waals surface area contributed by atoms with E-state index in [0.29, 0.717) is 6.54 Å². The lowest BCUT2D eigenvalue weighted by Crippen LogP contribution is -2.22. The SMILES string of the molecule is CCN(CC)Cc1nc2ccccc2cc1O. The summed E-state index contributed by atoms with van der Waals surface area (Å²) in [5, 5.41) is 10.9. The van der Waals surface area contributed by atoms with Gasteiger partial charge in [-0.2, -0.15) is 0 Å². The highest BCUT2D eigenvalue weighted by molar-refractivity contribution is 5.80. The summed E-state index contributed by atoms with van der Waals surface area (Å²) in [6.45, 7) is 6.85. The average molecular weight is 230 g/mol. The third-order valence-corrected chi connectivity index (χ3v) is 3.05. The van der Waals surface area contributed by atoms with Crippen molar-refractivity contribution in [2.24, 2.45) is 0 Å². The van der Waals surface area contributed by atoms with Gasteiger partial charge in [-0.3, -0.25) is 4.90 Å². The summed E-state index contributed by atoms with van der Waals surface area (Å²) in [6, 6.07) is 9.64. The number of hydrogen-bond donors (Lipinski definition) is 1. The van der Waals surface area contributed by atoms with E-state index in [1.165, 1.54) is 0 Å². The first kappa shape index (κ1) is 11.9. The highest BCUT2D eigenvalue weighted by Crippen LogP contribution is 2.22. The molecule has 17 heavy (non-hydrogen) atoms. The Morgan fingerprint density at radius 3 is 2.59 bits per heavy atom. The predicted molar refractivity (Wildman–Crippen MR) is 70.0 cm³/mol. The van der Waals surface area contributed by atoms with E-state index in [4.69, 9.17) is 0 Å². The maximum Gasteiger partial charge on any atom is 0.139 e. The van der Waals surface area contributed by atoms with Crippen LogP contribution in [0.2, 0.25) is 0 Å². The number of fused-ring (bicyclic) bond motifs is 1. The first-order chi connectivity index (χ1) is 8.24. The van der Waals surface area contributed by atoms with Crippen molar-refractivity contribution >= 4 is 10.9 Å². The lowest BCUT2D eigenvalue weighted by molar-refractivity contribution is 0.287. The number of benzene rings is 1. The molecule has 1 aromatic carbocycles. The topological polar surface area (TPSA) is 36.4 Å². The van der Waals surface area contributed by atoms with Crippen molar-refractivity contribution in [1.29, 1.82) is 0 Å². The fourth-order valence-corrected chi connectivity index (χ4v) is 1.92. The summed E-state index contributed by atoms with van der Waals surface area (Å²) < 4.78 is 0. The van der Waals surface area contributed by atoms with Gasteiger partial charge in [-0.05, 0) is 25.2 Å². The van der Waals surface area contributed by atoms with E-state index in [0.717, 1.165) is 29.7 Å². The van der Waals surface area contributed by atoms with E-state index >= 15 is 0 Å². The molecule has 0 amide bonds. The number of para-hydroxylation sites is 1. The molecule has 0 fully saturated rings. The molecular formula is C14H18N2O. The summed E-state index contributed by atoms with van der Waals surface area (Å²) in [7, 11) is 0. The maximum atomic E-state index is 9.96. The van der Waals surface area contributed by atoms with Crippen LogP contribution in [0.4, 0.5) is 0 Å². The van der Waals surface area contributed by atoms with Crippen LogP contribution in [0.1, 0.15) is 19.5 Å². The zero-order chi connectivity index (χ0) is 12.3. The standard InChI is InChI=1S/C14H18N2O/c1-3-16(4-2)10-13-14(17)9-11-7-5-6-8-12(11)15-13/h5-9,17H,3-4,10H2,1-2H3. The molecule has 0 atom stereocenters. The molecule has 1 N–H and O–H groups in total. The molecule has 0 aliphatic carbocycles. The van der Waals surface area contributed by atoms with Crippen molar-refractivity contribution in [2.75, 3.05) is 13.1 Å². The molecule has 2 rings (SSSR count). The summed E-state index contributed by atoms with van der Waals surface area (Å²) in [5.74, 6) is 0.288. The smallest absolute Gasteiger partial charge is 0.139 e. The quantitative estimate of drug-likeness (QED) is 0.877. The molecule has 0 saturated carbocycles. The molecule has 0 spiro atoms. The molecule has 0 unspecified atom stereocenters. The van der Waals surface area contributed by atoms with Gasteiger partial charge >= 0.3 is 0 Å². The van der Waals surface area contributed by atoms with Crippen molar-refractivity contribution in [3.63, 3.8) is 0 Å². The monoisotopic (exact) mass is 230 g/mol. The van der Waals surface area contributed by atoms with Gasteiger partial charge in [0.2, 0.25) is 0 Å². The van der Waals surface area contributed by atoms with Crippen LogP contribution in [0.25, 0.3) is 10.9 Å². The first-order valence-corrected chi connectivity index (χ1v) is 6.04. The molecular weight excluding hydrogens is 212 g/mol. The molecule has 0 saturated heterocycles. The van der Waals surface area contributed by atoms with Gasteiger partial charge < -0.3 is 5.11 Å². The Morgan fingerprint density at radius 1 is 1.18 bits per heavy atom. The second-order valence-electron chi connectivity index (χ2n) is 4.11. The zero-order valence-electron chi connectivity index (χ0n) is 10.3. The summed E-state index contributed by atoms with van der Waals surface area (Å²) in [4.78, 5) is 6.75. The van der Waals surface area contributed by atoms with E-state index in [1.54, 1.807) is 6.07 Å². The molecule has 1 heterocycles. The highest BCUT2D eigenvalue weighted by atomic mass is 16.3. The number of pyridine rings is 1. The lowest BCUT2D eigenvalue weighted by atomic mass is 10.2. The van der Waals surface area contributed by atoms with Crippen molar-refractivity contribution in [1.82, 2.24) is 9.88 Å². The van der Waals surface area contributed by atoms with Crippen molar-refractivity contribution in [3.05, 3.63) is 36.0 Å².